The summed E-state index contributed by atoms with van der Waals surface area (Å²) in [6.45, 7) is 42.3. The Bertz CT molecular complexity index is 1180. The van der Waals surface area contributed by atoms with Gasteiger partial charge in [0.1, 0.15) is 12.1 Å². The van der Waals surface area contributed by atoms with Crippen LogP contribution < -0.4 is 21.8 Å². The monoisotopic (exact) mass is 676 g/mol. The number of rotatable bonds is 11. The lowest BCUT2D eigenvalue weighted by molar-refractivity contribution is -0.106. The molecular weight excluding hydrogens is 603 g/mol. The molecule has 3 atom stereocenters. The Kier molecular flexibility index (Phi) is 22.1. The molecule has 1 saturated heterocycles. The van der Waals surface area contributed by atoms with E-state index in [-0.39, 0.29) is 23.5 Å². The molecule has 276 valence electrons. The highest BCUT2D eigenvalue weighted by atomic mass is 16.1. The molecule has 6 nitrogen and oxygen atoms in total. The van der Waals surface area contributed by atoms with E-state index in [0.29, 0.717) is 5.92 Å². The summed E-state index contributed by atoms with van der Waals surface area (Å²) in [5.41, 5.74) is 17.5. The summed E-state index contributed by atoms with van der Waals surface area (Å²) in [4.78, 5) is 8.81. The molecule has 1 aliphatic heterocycles. The number of hydrogen-bond acceptors (Lipinski definition) is 6. The number of nitrogens with zero attached hydrogens (tertiary/aromatic N) is 1. The molecule has 6 heteroatoms. The number of fused-ring (bicyclic) bond motifs is 1. The minimum Gasteiger partial charge on any atom is -0.405 e. The zero-order chi connectivity index (χ0) is 37.7. The van der Waals surface area contributed by atoms with Gasteiger partial charge in [-0.1, -0.05) is 124 Å². The highest BCUT2D eigenvalue weighted by Crippen LogP contribution is 2.34. The van der Waals surface area contributed by atoms with Crippen molar-refractivity contribution in [3.05, 3.63) is 103 Å². The molecule has 5 N–H and O–H groups in total. The van der Waals surface area contributed by atoms with Crippen molar-refractivity contribution in [3.63, 3.8) is 0 Å². The lowest BCUT2D eigenvalue weighted by Crippen LogP contribution is -2.51. The van der Waals surface area contributed by atoms with Gasteiger partial charge in [0.15, 0.2) is 0 Å². The standard InChI is InChI=1S/C31H46N4.C4H8.C4H10.C2H5N.C2H4O/c1-10-21(2)23(4)32-24(5)29-16-13-17-35(29)34-25(6)33-30(31(7,8)9)22(3)18-26-19-27-14-11-12-15-28(27)20-26;1-4-2-3-4;1-4(2)3;2*1-2-3/h11-12,14-15,23,26,29-30,32-34H,1,3,5-6,13,16-20H2,2,4,7-9H3;4H,2-3H2,1H3;4H,1-3H3;2H,1,3H2;2H,1H3. The summed E-state index contributed by atoms with van der Waals surface area (Å²) >= 11 is 0. The average molecular weight is 676 g/mol. The van der Waals surface area contributed by atoms with Gasteiger partial charge in [-0.3, -0.25) is 0 Å². The smallest absolute Gasteiger partial charge is 0.116 e. The van der Waals surface area contributed by atoms with Gasteiger partial charge in [0.25, 0.3) is 0 Å². The van der Waals surface area contributed by atoms with Crippen LogP contribution in [0.1, 0.15) is 112 Å². The fourth-order valence-corrected chi connectivity index (χ4v) is 5.66. The topological polar surface area (TPSA) is 82.4 Å². The van der Waals surface area contributed by atoms with Crippen molar-refractivity contribution in [2.24, 2.45) is 28.9 Å². The molecular formula is C43H73N5O. The molecule has 49 heavy (non-hydrogen) atoms. The Morgan fingerprint density at radius 2 is 1.51 bits per heavy atom. The first kappa shape index (κ1) is 45.5. The molecule has 1 aromatic rings. The third kappa shape index (κ3) is 19.3. The minimum atomic E-state index is 0.0205. The van der Waals surface area contributed by atoms with Gasteiger partial charge in [0.2, 0.25) is 0 Å². The predicted molar refractivity (Wildman–Crippen MR) is 215 cm³/mol. The van der Waals surface area contributed by atoms with Gasteiger partial charge in [-0.2, -0.15) is 0 Å². The van der Waals surface area contributed by atoms with E-state index in [0.717, 1.165) is 73.9 Å². The number of nitrogens with one attached hydrogen (secondary N) is 3. The maximum atomic E-state index is 8.81. The van der Waals surface area contributed by atoms with Crippen molar-refractivity contribution in [1.82, 2.24) is 21.1 Å². The number of hydrogen-bond donors (Lipinski definition) is 4. The van der Waals surface area contributed by atoms with E-state index in [1.165, 1.54) is 42.7 Å². The summed E-state index contributed by atoms with van der Waals surface area (Å²) in [6, 6.07) is 9.36. The van der Waals surface area contributed by atoms with Crippen molar-refractivity contribution in [3.8, 4) is 0 Å². The van der Waals surface area contributed by atoms with Crippen molar-refractivity contribution < 1.29 is 4.79 Å². The molecule has 3 unspecified atom stereocenters. The zero-order valence-corrected chi connectivity index (χ0v) is 33.1. The second-order valence-corrected chi connectivity index (χ2v) is 15.4. The minimum absolute atomic E-state index is 0.0205. The van der Waals surface area contributed by atoms with Crippen LogP contribution in [0.2, 0.25) is 0 Å². The first-order chi connectivity index (χ1) is 22.9. The van der Waals surface area contributed by atoms with Gasteiger partial charge in [0, 0.05) is 12.2 Å². The molecule has 1 saturated carbocycles. The maximum absolute atomic E-state index is 8.81. The zero-order valence-electron chi connectivity index (χ0n) is 33.1. The second kappa shape index (κ2) is 23.8. The number of benzene rings is 1. The molecule has 3 aliphatic rings. The SMILES string of the molecule is C=C=C(C)C(C)NC(=C)C1CCCN1NC(=C)NC(C(=C)CC1Cc2ccccc2C1)C(C)(C)C.C=CN.CC(C)C.CC1CC1.CC=O. The summed E-state index contributed by atoms with van der Waals surface area (Å²) in [7, 11) is 0. The largest absolute Gasteiger partial charge is 0.405 e. The van der Waals surface area contributed by atoms with Crippen molar-refractivity contribution in [2.75, 3.05) is 6.54 Å². The molecule has 1 aromatic carbocycles. The number of carbonyl (C=O) groups excluding carboxylic acids is 1. The van der Waals surface area contributed by atoms with E-state index in [4.69, 9.17) is 4.79 Å². The first-order valence-corrected chi connectivity index (χ1v) is 18.2. The van der Waals surface area contributed by atoms with E-state index in [1.54, 1.807) is 0 Å². The van der Waals surface area contributed by atoms with Crippen LogP contribution in [0.5, 0.6) is 0 Å². The molecule has 0 aromatic heterocycles. The van der Waals surface area contributed by atoms with Crippen molar-refractivity contribution in [2.45, 2.75) is 132 Å². The fraction of sp³-hybridized carbons (Fsp3) is 0.581. The van der Waals surface area contributed by atoms with Crippen LogP contribution in [-0.2, 0) is 17.6 Å². The quantitative estimate of drug-likeness (QED) is 0.106. The molecule has 0 amide bonds. The van der Waals surface area contributed by atoms with Gasteiger partial charge >= 0.3 is 0 Å². The van der Waals surface area contributed by atoms with Crippen LogP contribution in [0.15, 0.2) is 91.8 Å². The van der Waals surface area contributed by atoms with Crippen LogP contribution >= 0.6 is 0 Å². The van der Waals surface area contributed by atoms with Gasteiger partial charge < -0.3 is 26.6 Å². The highest BCUT2D eigenvalue weighted by molar-refractivity contribution is 5.44. The Balaban J connectivity index is 0.00000138. The van der Waals surface area contributed by atoms with Gasteiger partial charge in [-0.15, -0.1) is 5.73 Å². The van der Waals surface area contributed by atoms with Gasteiger partial charge in [-0.25, -0.2) is 5.01 Å². The Hall–Kier alpha value is -3.47. The lowest BCUT2D eigenvalue weighted by Gasteiger charge is -2.37. The van der Waals surface area contributed by atoms with E-state index < -0.39 is 0 Å². The highest BCUT2D eigenvalue weighted by Gasteiger charge is 2.32. The fourth-order valence-electron chi connectivity index (χ4n) is 5.66. The van der Waals surface area contributed by atoms with E-state index in [1.807, 2.05) is 6.92 Å². The Morgan fingerprint density at radius 1 is 1.04 bits per heavy atom. The maximum Gasteiger partial charge on any atom is 0.116 e. The molecule has 2 fully saturated rings. The van der Waals surface area contributed by atoms with Crippen LogP contribution in [0.4, 0.5) is 0 Å². The van der Waals surface area contributed by atoms with E-state index >= 15 is 0 Å². The van der Waals surface area contributed by atoms with Gasteiger partial charge in [-0.05, 0) is 98.9 Å². The summed E-state index contributed by atoms with van der Waals surface area (Å²) in [5, 5.41) is 9.46. The van der Waals surface area contributed by atoms with Crippen molar-refractivity contribution in [1.29, 1.82) is 0 Å². The number of hydrazine groups is 1. The summed E-state index contributed by atoms with van der Waals surface area (Å²) < 4.78 is 0. The Labute approximate surface area is 302 Å². The normalized spacial score (nSPS) is 17.6. The van der Waals surface area contributed by atoms with Crippen LogP contribution in [-0.4, -0.2) is 36.0 Å². The molecule has 2 aliphatic carbocycles. The van der Waals surface area contributed by atoms with Crippen LogP contribution in [0, 0.1) is 23.2 Å². The van der Waals surface area contributed by atoms with E-state index in [9.17, 15) is 0 Å². The lowest BCUT2D eigenvalue weighted by atomic mass is 9.79. The second-order valence-electron chi connectivity index (χ2n) is 15.4. The van der Waals surface area contributed by atoms with Gasteiger partial charge in [0.05, 0.1) is 18.1 Å². The molecule has 0 radical (unpaired) electrons. The van der Waals surface area contributed by atoms with Crippen LogP contribution in [0.25, 0.3) is 0 Å². The third-order valence-electron chi connectivity index (χ3n) is 8.41. The number of carbonyl (C=O) groups is 1. The summed E-state index contributed by atoms with van der Waals surface area (Å²) in [6.07, 6.45) is 10.5. The third-order valence-corrected chi connectivity index (χ3v) is 8.41. The van der Waals surface area contributed by atoms with Crippen molar-refractivity contribution >= 4 is 6.29 Å². The Morgan fingerprint density at radius 3 is 1.92 bits per heavy atom. The predicted octanol–water partition coefficient (Wildman–Crippen LogP) is 9.39. The molecule has 0 spiro atoms. The number of nitrogens with two attached hydrogens (primary N) is 1. The first-order valence-electron chi connectivity index (χ1n) is 18.2. The van der Waals surface area contributed by atoms with Crippen LogP contribution in [0.3, 0.4) is 0 Å². The molecule has 1 heterocycles. The number of aldehydes is 1. The van der Waals surface area contributed by atoms with E-state index in [2.05, 4.69) is 145 Å². The molecule has 4 rings (SSSR count). The average Bonchev–Trinajstić information content (AvgIpc) is 3.47. The molecule has 0 bridgehead atoms. The summed E-state index contributed by atoms with van der Waals surface area (Å²) in [5.74, 6) is 3.36.